The van der Waals surface area contributed by atoms with E-state index in [1.165, 1.54) is 102 Å². The Hall–Kier alpha value is -5.76. The predicted octanol–water partition coefficient (Wildman–Crippen LogP) is 14.0. The molecule has 0 amide bonds. The fourth-order valence-electron chi connectivity index (χ4n) is 8.14. The molecule has 0 saturated carbocycles. The van der Waals surface area contributed by atoms with E-state index in [2.05, 4.69) is 171 Å². The molecule has 48 heavy (non-hydrogen) atoms. The van der Waals surface area contributed by atoms with Crippen molar-refractivity contribution in [2.75, 3.05) is 0 Å². The lowest BCUT2D eigenvalue weighted by Crippen LogP contribution is -1.90. The Kier molecular flexibility index (Phi) is 6.06. The molecule has 0 fully saturated rings. The molecular weight excluding hydrogens is 597 g/mol. The van der Waals surface area contributed by atoms with Crippen molar-refractivity contribution in [2.45, 2.75) is 6.92 Å². The van der Waals surface area contributed by atoms with E-state index in [1.54, 1.807) is 0 Å². The number of fused-ring (bicyclic) bond motifs is 7. The van der Waals surface area contributed by atoms with Gasteiger partial charge in [0.15, 0.2) is 0 Å². The molecule has 0 aliphatic heterocycles. The standard InChI is InChI=1S/C47H30S/c1-29-32-16-5-7-18-34(32)46(35-19-8-6-17-33(29)35)41-25-13-24-40-42-28-31(26-27-43(42)48-47(40)41)45-38-22-11-9-20-36(38)44(30-14-3-2-4-15-30)37-21-10-12-23-39(37)45/h2-28H,1H3. The molecule has 1 heteroatoms. The molecular formula is C47H30S. The number of rotatable bonds is 3. The molecule has 10 rings (SSSR count). The zero-order chi connectivity index (χ0) is 31.8. The van der Waals surface area contributed by atoms with Crippen molar-refractivity contribution >= 4 is 74.6 Å². The average Bonchev–Trinajstić information content (AvgIpc) is 3.53. The van der Waals surface area contributed by atoms with Crippen LogP contribution in [0.15, 0.2) is 164 Å². The monoisotopic (exact) mass is 626 g/mol. The van der Waals surface area contributed by atoms with Gasteiger partial charge in [-0.25, -0.2) is 0 Å². The van der Waals surface area contributed by atoms with Crippen LogP contribution in [0, 0.1) is 6.92 Å². The molecule has 1 heterocycles. The normalized spacial score (nSPS) is 11.9. The highest BCUT2D eigenvalue weighted by molar-refractivity contribution is 7.26. The molecule has 0 nitrogen and oxygen atoms in total. The first-order chi connectivity index (χ1) is 23.8. The minimum Gasteiger partial charge on any atom is -0.135 e. The van der Waals surface area contributed by atoms with Crippen LogP contribution in [0.2, 0.25) is 0 Å². The third kappa shape index (κ3) is 3.95. The van der Waals surface area contributed by atoms with E-state index in [0.29, 0.717) is 0 Å². The minimum absolute atomic E-state index is 1.25. The van der Waals surface area contributed by atoms with Gasteiger partial charge in [0.05, 0.1) is 0 Å². The SMILES string of the molecule is Cc1c2ccccc2c(-c2cccc3c2sc2ccc(-c4c5ccccc5c(-c5ccccc5)c5ccccc45)cc23)c2ccccc12. The zero-order valence-electron chi connectivity index (χ0n) is 26.5. The van der Waals surface area contributed by atoms with Gasteiger partial charge in [-0.2, -0.15) is 0 Å². The van der Waals surface area contributed by atoms with Gasteiger partial charge in [0.2, 0.25) is 0 Å². The van der Waals surface area contributed by atoms with Gasteiger partial charge in [-0.15, -0.1) is 11.3 Å². The second-order valence-corrected chi connectivity index (χ2v) is 13.8. The molecule has 0 bridgehead atoms. The van der Waals surface area contributed by atoms with Crippen LogP contribution in [0.1, 0.15) is 5.56 Å². The van der Waals surface area contributed by atoms with E-state index >= 15 is 0 Å². The topological polar surface area (TPSA) is 0 Å². The summed E-state index contributed by atoms with van der Waals surface area (Å²) in [7, 11) is 0. The van der Waals surface area contributed by atoms with Crippen LogP contribution < -0.4 is 0 Å². The Labute approximate surface area is 283 Å². The first-order valence-electron chi connectivity index (χ1n) is 16.6. The number of benzene rings is 9. The van der Waals surface area contributed by atoms with Gasteiger partial charge in [0.1, 0.15) is 0 Å². The first-order valence-corrected chi connectivity index (χ1v) is 17.4. The van der Waals surface area contributed by atoms with Gasteiger partial charge in [-0.1, -0.05) is 152 Å². The number of aryl methyl sites for hydroxylation is 1. The predicted molar refractivity (Wildman–Crippen MR) is 210 cm³/mol. The Morgan fingerprint density at radius 1 is 0.333 bits per heavy atom. The van der Waals surface area contributed by atoms with Crippen molar-refractivity contribution in [3.63, 3.8) is 0 Å². The molecule has 0 saturated heterocycles. The fourth-order valence-corrected chi connectivity index (χ4v) is 9.35. The van der Waals surface area contributed by atoms with Gasteiger partial charge in [0.25, 0.3) is 0 Å². The maximum Gasteiger partial charge on any atom is 0.0434 e. The highest BCUT2D eigenvalue weighted by atomic mass is 32.1. The lowest BCUT2D eigenvalue weighted by atomic mass is 9.85. The molecule has 0 aliphatic rings. The largest absolute Gasteiger partial charge is 0.135 e. The lowest BCUT2D eigenvalue weighted by Gasteiger charge is -2.17. The Morgan fingerprint density at radius 3 is 1.35 bits per heavy atom. The third-order valence-corrected chi connectivity index (χ3v) is 11.5. The summed E-state index contributed by atoms with van der Waals surface area (Å²) < 4.78 is 2.66. The molecule has 0 spiro atoms. The smallest absolute Gasteiger partial charge is 0.0434 e. The second-order valence-electron chi connectivity index (χ2n) is 12.8. The lowest BCUT2D eigenvalue weighted by molar-refractivity contribution is 1.58. The van der Waals surface area contributed by atoms with E-state index in [0.717, 1.165) is 0 Å². The molecule has 0 unspecified atom stereocenters. The first kappa shape index (κ1) is 27.4. The molecule has 224 valence electrons. The maximum atomic E-state index is 2.44. The van der Waals surface area contributed by atoms with Crippen molar-refractivity contribution < 1.29 is 0 Å². The van der Waals surface area contributed by atoms with Gasteiger partial charge >= 0.3 is 0 Å². The van der Waals surface area contributed by atoms with Crippen LogP contribution in [-0.2, 0) is 0 Å². The van der Waals surface area contributed by atoms with Gasteiger partial charge < -0.3 is 0 Å². The van der Waals surface area contributed by atoms with E-state index in [9.17, 15) is 0 Å². The van der Waals surface area contributed by atoms with E-state index in [4.69, 9.17) is 0 Å². The van der Waals surface area contributed by atoms with Gasteiger partial charge in [0, 0.05) is 25.7 Å². The van der Waals surface area contributed by atoms with Crippen LogP contribution in [0.5, 0.6) is 0 Å². The average molecular weight is 627 g/mol. The Morgan fingerprint density at radius 2 is 0.792 bits per heavy atom. The summed E-state index contributed by atoms with van der Waals surface area (Å²) in [5.74, 6) is 0. The number of thiophene rings is 1. The highest BCUT2D eigenvalue weighted by Crippen LogP contribution is 2.48. The quantitative estimate of drug-likeness (QED) is 0.171. The van der Waals surface area contributed by atoms with Crippen LogP contribution in [0.4, 0.5) is 0 Å². The van der Waals surface area contributed by atoms with Crippen molar-refractivity contribution in [3.8, 4) is 33.4 Å². The van der Waals surface area contributed by atoms with Crippen molar-refractivity contribution in [1.29, 1.82) is 0 Å². The van der Waals surface area contributed by atoms with Crippen LogP contribution >= 0.6 is 11.3 Å². The summed E-state index contributed by atoms with van der Waals surface area (Å²) in [5, 5.41) is 13.0. The van der Waals surface area contributed by atoms with Crippen molar-refractivity contribution in [2.24, 2.45) is 0 Å². The van der Waals surface area contributed by atoms with Crippen LogP contribution in [0.25, 0.3) is 96.6 Å². The third-order valence-electron chi connectivity index (χ3n) is 10.2. The zero-order valence-corrected chi connectivity index (χ0v) is 27.3. The van der Waals surface area contributed by atoms with E-state index < -0.39 is 0 Å². The Balaban J connectivity index is 1.26. The Bertz CT molecular complexity index is 2780. The summed E-state index contributed by atoms with van der Waals surface area (Å²) in [5.41, 5.74) is 9.09. The minimum atomic E-state index is 1.25. The van der Waals surface area contributed by atoms with E-state index in [-0.39, 0.29) is 0 Å². The van der Waals surface area contributed by atoms with Gasteiger partial charge in [-0.05, 0) is 95.5 Å². The van der Waals surface area contributed by atoms with Crippen LogP contribution in [0.3, 0.4) is 0 Å². The van der Waals surface area contributed by atoms with Crippen molar-refractivity contribution in [1.82, 2.24) is 0 Å². The van der Waals surface area contributed by atoms with Gasteiger partial charge in [-0.3, -0.25) is 0 Å². The molecule has 10 aromatic rings. The number of hydrogen-bond donors (Lipinski definition) is 0. The molecule has 0 atom stereocenters. The molecule has 1 aromatic heterocycles. The maximum absolute atomic E-state index is 2.44. The summed E-state index contributed by atoms with van der Waals surface area (Å²) in [6, 6.07) is 60.5. The molecule has 0 N–H and O–H groups in total. The summed E-state index contributed by atoms with van der Waals surface area (Å²) in [6.45, 7) is 2.26. The van der Waals surface area contributed by atoms with Crippen LogP contribution in [-0.4, -0.2) is 0 Å². The highest BCUT2D eigenvalue weighted by Gasteiger charge is 2.20. The van der Waals surface area contributed by atoms with Crippen molar-refractivity contribution in [3.05, 3.63) is 169 Å². The summed E-state index contributed by atoms with van der Waals surface area (Å²) in [6.07, 6.45) is 0. The molecule has 0 aliphatic carbocycles. The summed E-state index contributed by atoms with van der Waals surface area (Å²) in [4.78, 5) is 0. The fraction of sp³-hybridized carbons (Fsp3) is 0.0213. The number of hydrogen-bond acceptors (Lipinski definition) is 1. The second kappa shape index (κ2) is 10.6. The van der Waals surface area contributed by atoms with E-state index in [1.807, 2.05) is 11.3 Å². The molecule has 0 radical (unpaired) electrons. The summed E-state index contributed by atoms with van der Waals surface area (Å²) >= 11 is 1.92. The molecule has 9 aromatic carbocycles.